The first-order valence-electron chi connectivity index (χ1n) is 4.65. The van der Waals surface area contributed by atoms with Crippen molar-refractivity contribution in [1.29, 1.82) is 0 Å². The summed E-state index contributed by atoms with van der Waals surface area (Å²) in [7, 11) is -0.591. The van der Waals surface area contributed by atoms with Gasteiger partial charge in [0.05, 0.1) is 6.54 Å². The molecule has 1 aliphatic rings. The molecule has 1 aromatic heterocycles. The van der Waals surface area contributed by atoms with Gasteiger partial charge in [0.25, 0.3) is 0 Å². The third-order valence-electron chi connectivity index (χ3n) is 2.33. The Hall–Kier alpha value is -0.820. The lowest BCUT2D eigenvalue weighted by molar-refractivity contribution is 0.468. The molecule has 78 valence electrons. The second kappa shape index (κ2) is 4.61. The van der Waals surface area contributed by atoms with Crippen LogP contribution in [0.2, 0.25) is 0 Å². The Bertz CT molecular complexity index is 291. The number of hydrogen-bond acceptors (Lipinski definition) is 5. The van der Waals surface area contributed by atoms with Crippen LogP contribution in [0.4, 0.5) is 0 Å². The lowest BCUT2D eigenvalue weighted by Gasteiger charge is -2.21. The third kappa shape index (κ3) is 2.58. The maximum Gasteiger partial charge on any atom is 0.188 e. The molecule has 0 spiro atoms. The summed E-state index contributed by atoms with van der Waals surface area (Å²) in [6, 6.07) is 0.450. The highest BCUT2D eigenvalue weighted by Crippen LogP contribution is 2.09. The van der Waals surface area contributed by atoms with Gasteiger partial charge in [-0.15, -0.1) is 10.2 Å². The van der Waals surface area contributed by atoms with Crippen molar-refractivity contribution in [1.82, 2.24) is 25.9 Å². The minimum Gasteiger partial charge on any atom is -0.307 e. The largest absolute Gasteiger partial charge is 0.307 e. The predicted octanol–water partition coefficient (Wildman–Crippen LogP) is -0.800. The first-order valence-corrected chi connectivity index (χ1v) is 6.14. The van der Waals surface area contributed by atoms with Gasteiger partial charge in [0, 0.05) is 28.3 Å². The van der Waals surface area contributed by atoms with Crippen molar-refractivity contribution in [2.75, 3.05) is 11.5 Å². The summed E-state index contributed by atoms with van der Waals surface area (Å²) in [4.78, 5) is 0. The first kappa shape index (κ1) is 9.72. The van der Waals surface area contributed by atoms with Gasteiger partial charge in [-0.3, -0.25) is 4.21 Å². The van der Waals surface area contributed by atoms with Gasteiger partial charge >= 0.3 is 0 Å². The molecule has 0 bridgehead atoms. The Labute approximate surface area is 84.3 Å². The van der Waals surface area contributed by atoms with Gasteiger partial charge < -0.3 is 5.32 Å². The SMILES string of the molecule is O=S1CCC(NCc2nn[nH]n2)CC1. The summed E-state index contributed by atoms with van der Waals surface area (Å²) in [5, 5.41) is 16.9. The zero-order valence-corrected chi connectivity index (χ0v) is 8.59. The fraction of sp³-hybridized carbons (Fsp3) is 0.857. The Morgan fingerprint density at radius 3 is 2.93 bits per heavy atom. The van der Waals surface area contributed by atoms with E-state index in [0.29, 0.717) is 18.4 Å². The molecule has 1 saturated heterocycles. The van der Waals surface area contributed by atoms with E-state index < -0.39 is 10.8 Å². The van der Waals surface area contributed by atoms with Crippen molar-refractivity contribution in [3.63, 3.8) is 0 Å². The molecule has 1 fully saturated rings. The molecule has 2 N–H and O–H groups in total. The van der Waals surface area contributed by atoms with Crippen LogP contribution in [-0.2, 0) is 17.3 Å². The smallest absolute Gasteiger partial charge is 0.188 e. The van der Waals surface area contributed by atoms with Crippen LogP contribution < -0.4 is 5.32 Å². The van der Waals surface area contributed by atoms with E-state index in [1.165, 1.54) is 0 Å². The molecule has 0 amide bonds. The van der Waals surface area contributed by atoms with Gasteiger partial charge in [-0.05, 0) is 12.8 Å². The van der Waals surface area contributed by atoms with Gasteiger partial charge in [0.15, 0.2) is 5.82 Å². The number of nitrogens with zero attached hydrogens (tertiary/aromatic N) is 3. The average molecular weight is 215 g/mol. The van der Waals surface area contributed by atoms with E-state index in [1.807, 2.05) is 0 Å². The number of nitrogens with one attached hydrogen (secondary N) is 2. The number of hydrogen-bond donors (Lipinski definition) is 2. The molecule has 1 aliphatic heterocycles. The maximum absolute atomic E-state index is 11.1. The molecule has 14 heavy (non-hydrogen) atoms. The van der Waals surface area contributed by atoms with Crippen LogP contribution in [0.15, 0.2) is 0 Å². The van der Waals surface area contributed by atoms with E-state index in [-0.39, 0.29) is 0 Å². The third-order valence-corrected chi connectivity index (χ3v) is 3.71. The van der Waals surface area contributed by atoms with Crippen LogP contribution in [0.3, 0.4) is 0 Å². The van der Waals surface area contributed by atoms with Gasteiger partial charge in [-0.1, -0.05) is 5.21 Å². The Kier molecular flexibility index (Phi) is 3.20. The van der Waals surface area contributed by atoms with Gasteiger partial charge in [-0.25, -0.2) is 0 Å². The maximum atomic E-state index is 11.1. The molecule has 1 aromatic rings. The highest BCUT2D eigenvalue weighted by atomic mass is 32.2. The van der Waals surface area contributed by atoms with Gasteiger partial charge in [0.2, 0.25) is 0 Å². The average Bonchev–Trinajstić information content (AvgIpc) is 2.70. The number of rotatable bonds is 3. The van der Waals surface area contributed by atoms with Crippen LogP contribution in [0, 0.1) is 0 Å². The van der Waals surface area contributed by atoms with Crippen LogP contribution in [0.5, 0.6) is 0 Å². The summed E-state index contributed by atoms with van der Waals surface area (Å²) < 4.78 is 11.1. The minimum absolute atomic E-state index is 0.450. The zero-order chi connectivity index (χ0) is 9.80. The van der Waals surface area contributed by atoms with Crippen molar-refractivity contribution < 1.29 is 4.21 Å². The zero-order valence-electron chi connectivity index (χ0n) is 7.77. The highest BCUT2D eigenvalue weighted by Gasteiger charge is 2.17. The van der Waals surface area contributed by atoms with E-state index in [9.17, 15) is 4.21 Å². The van der Waals surface area contributed by atoms with Crippen molar-refractivity contribution in [2.24, 2.45) is 0 Å². The molecular formula is C7H13N5OS. The van der Waals surface area contributed by atoms with E-state index in [1.54, 1.807) is 0 Å². The van der Waals surface area contributed by atoms with E-state index >= 15 is 0 Å². The lowest BCUT2D eigenvalue weighted by atomic mass is 10.1. The Morgan fingerprint density at radius 2 is 2.29 bits per heavy atom. The monoisotopic (exact) mass is 215 g/mol. The van der Waals surface area contributed by atoms with E-state index in [0.717, 1.165) is 24.3 Å². The summed E-state index contributed by atoms with van der Waals surface area (Å²) >= 11 is 0. The molecule has 2 heterocycles. The molecular weight excluding hydrogens is 202 g/mol. The molecule has 7 heteroatoms. The molecule has 0 aromatic carbocycles. The molecule has 6 nitrogen and oxygen atoms in total. The van der Waals surface area contributed by atoms with Crippen LogP contribution in [-0.4, -0.2) is 42.4 Å². The molecule has 0 aliphatic carbocycles. The highest BCUT2D eigenvalue weighted by molar-refractivity contribution is 7.85. The molecule has 2 rings (SSSR count). The van der Waals surface area contributed by atoms with Crippen molar-refractivity contribution >= 4 is 10.8 Å². The number of aromatic amines is 1. The molecule has 0 unspecified atom stereocenters. The standard InChI is InChI=1S/C7H13N5OS/c13-14-3-1-6(2-4-14)8-5-7-9-11-12-10-7/h6,8H,1-5H2,(H,9,10,11,12). The van der Waals surface area contributed by atoms with Crippen molar-refractivity contribution in [3.05, 3.63) is 5.82 Å². The van der Waals surface area contributed by atoms with Crippen LogP contribution in [0.25, 0.3) is 0 Å². The molecule has 0 atom stereocenters. The fourth-order valence-electron chi connectivity index (χ4n) is 1.49. The van der Waals surface area contributed by atoms with Crippen LogP contribution >= 0.6 is 0 Å². The summed E-state index contributed by atoms with van der Waals surface area (Å²) in [5.41, 5.74) is 0. The lowest BCUT2D eigenvalue weighted by Crippen LogP contribution is -2.35. The second-order valence-electron chi connectivity index (χ2n) is 3.33. The van der Waals surface area contributed by atoms with Crippen LogP contribution in [0.1, 0.15) is 18.7 Å². The van der Waals surface area contributed by atoms with Gasteiger partial charge in [0.1, 0.15) is 0 Å². The Morgan fingerprint density at radius 1 is 1.50 bits per heavy atom. The summed E-state index contributed by atoms with van der Waals surface area (Å²) in [6.07, 6.45) is 1.95. The fourth-order valence-corrected chi connectivity index (χ4v) is 2.79. The van der Waals surface area contributed by atoms with E-state index in [4.69, 9.17) is 0 Å². The number of aromatic nitrogens is 4. The van der Waals surface area contributed by atoms with Gasteiger partial charge in [-0.2, -0.15) is 5.21 Å². The normalized spacial score (nSPS) is 27.7. The second-order valence-corrected chi connectivity index (χ2v) is 5.03. The van der Waals surface area contributed by atoms with Crippen molar-refractivity contribution in [2.45, 2.75) is 25.4 Å². The van der Waals surface area contributed by atoms with Crippen molar-refractivity contribution in [3.8, 4) is 0 Å². The first-order chi connectivity index (χ1) is 6.84. The Balaban J connectivity index is 1.73. The predicted molar refractivity (Wildman–Crippen MR) is 51.9 cm³/mol. The molecule has 0 saturated carbocycles. The quantitative estimate of drug-likeness (QED) is 0.689. The topological polar surface area (TPSA) is 83.6 Å². The van der Waals surface area contributed by atoms with E-state index in [2.05, 4.69) is 25.9 Å². The minimum atomic E-state index is -0.591. The summed E-state index contributed by atoms with van der Waals surface area (Å²) in [5.74, 6) is 2.30. The number of tetrazole rings is 1. The number of H-pyrrole nitrogens is 1. The summed E-state index contributed by atoms with van der Waals surface area (Å²) in [6.45, 7) is 0.633. The molecule has 0 radical (unpaired) electrons.